The second-order valence-corrected chi connectivity index (χ2v) is 11.4. The highest BCUT2D eigenvalue weighted by molar-refractivity contribution is 5.95. The van der Waals surface area contributed by atoms with Crippen molar-refractivity contribution in [1.29, 1.82) is 0 Å². The first kappa shape index (κ1) is 27.8. The number of carbonyl (C=O) groups excluding carboxylic acids is 1. The molecule has 12 heteroatoms. The standard InChI is InChI=1S/C30H31F3N6O3/c1-16(2)39-15-24(26(36-39)30(31,32)33)28(40)37-8-6-18-9-19(20-11-21-17(3)12-34-27(21)35-13-20)10-22(23(18)14-37)25-5-4-7-38(25)29(41)42/h9-13,15-16,25H,4-8,14H2,1-3H3,(H,34,35)(H,41,42). The average molecular weight is 581 g/mol. The lowest BCUT2D eigenvalue weighted by atomic mass is 9.86. The second kappa shape index (κ2) is 10.2. The van der Waals surface area contributed by atoms with Gasteiger partial charge in [0.15, 0.2) is 5.69 Å². The quantitative estimate of drug-likeness (QED) is 0.293. The number of aromatic amines is 1. The zero-order valence-corrected chi connectivity index (χ0v) is 23.5. The van der Waals surface area contributed by atoms with E-state index in [9.17, 15) is 27.9 Å². The molecule has 2 aliphatic rings. The molecular weight excluding hydrogens is 549 g/mol. The molecular formula is C30H31F3N6O3. The topological polar surface area (TPSA) is 107 Å². The van der Waals surface area contributed by atoms with Crippen molar-refractivity contribution < 1.29 is 27.9 Å². The van der Waals surface area contributed by atoms with Crippen LogP contribution in [-0.2, 0) is 19.1 Å². The van der Waals surface area contributed by atoms with E-state index in [4.69, 9.17) is 0 Å². The number of pyridine rings is 1. The lowest BCUT2D eigenvalue weighted by Gasteiger charge is -2.33. The molecule has 0 bridgehead atoms. The molecule has 2 amide bonds. The van der Waals surface area contributed by atoms with Crippen LogP contribution in [0.25, 0.3) is 22.2 Å². The first-order chi connectivity index (χ1) is 19.9. The van der Waals surface area contributed by atoms with Crippen LogP contribution in [0, 0.1) is 6.92 Å². The number of hydrogen-bond acceptors (Lipinski definition) is 4. The SMILES string of the molecule is Cc1c[nH]c2ncc(-c3cc4c(c(C5CCCN5C(=O)O)c3)CN(C(=O)c3cn(C(C)C)nc3C(F)(F)F)CC4)cc12. The maximum absolute atomic E-state index is 13.9. The fourth-order valence-electron chi connectivity index (χ4n) is 6.14. The van der Waals surface area contributed by atoms with E-state index in [1.54, 1.807) is 20.0 Å². The Hall–Kier alpha value is -4.35. The summed E-state index contributed by atoms with van der Waals surface area (Å²) in [6.45, 7) is 6.08. The summed E-state index contributed by atoms with van der Waals surface area (Å²) in [6, 6.07) is 5.26. The summed E-state index contributed by atoms with van der Waals surface area (Å²) in [5.74, 6) is -0.742. The first-order valence-electron chi connectivity index (χ1n) is 14.0. The van der Waals surface area contributed by atoms with Gasteiger partial charge in [0.1, 0.15) is 5.65 Å². The minimum atomic E-state index is -4.78. The molecule has 1 aromatic carbocycles. The van der Waals surface area contributed by atoms with Crippen LogP contribution < -0.4 is 0 Å². The number of rotatable bonds is 4. The smallest absolute Gasteiger partial charge is 0.435 e. The van der Waals surface area contributed by atoms with Crippen molar-refractivity contribution in [3.8, 4) is 11.1 Å². The number of carboxylic acid groups (broad SMARTS) is 1. The highest BCUT2D eigenvalue weighted by Gasteiger charge is 2.41. The number of amides is 2. The summed E-state index contributed by atoms with van der Waals surface area (Å²) in [7, 11) is 0. The molecule has 1 atom stereocenters. The van der Waals surface area contributed by atoms with Gasteiger partial charge in [-0.15, -0.1) is 0 Å². The van der Waals surface area contributed by atoms with Gasteiger partial charge < -0.3 is 19.9 Å². The summed E-state index contributed by atoms with van der Waals surface area (Å²) >= 11 is 0. The van der Waals surface area contributed by atoms with Gasteiger partial charge in [-0.05, 0) is 80.0 Å². The third kappa shape index (κ3) is 4.78. The molecule has 6 rings (SSSR count). The second-order valence-electron chi connectivity index (χ2n) is 11.4. The minimum Gasteiger partial charge on any atom is -0.465 e. The summed E-state index contributed by atoms with van der Waals surface area (Å²) in [5, 5.41) is 14.6. The number of nitrogens with one attached hydrogen (secondary N) is 1. The molecule has 0 saturated carbocycles. The highest BCUT2D eigenvalue weighted by atomic mass is 19.4. The number of benzene rings is 1. The van der Waals surface area contributed by atoms with Crippen LogP contribution in [0.3, 0.4) is 0 Å². The van der Waals surface area contributed by atoms with Gasteiger partial charge in [-0.1, -0.05) is 6.07 Å². The minimum absolute atomic E-state index is 0.0755. The van der Waals surface area contributed by atoms with E-state index in [2.05, 4.69) is 15.1 Å². The molecule has 3 aromatic heterocycles. The lowest BCUT2D eigenvalue weighted by molar-refractivity contribution is -0.142. The Bertz CT molecular complexity index is 1710. The van der Waals surface area contributed by atoms with Crippen molar-refractivity contribution in [2.75, 3.05) is 13.1 Å². The molecule has 1 saturated heterocycles. The Kier molecular flexibility index (Phi) is 6.74. The van der Waals surface area contributed by atoms with Crippen molar-refractivity contribution >= 4 is 23.0 Å². The summed E-state index contributed by atoms with van der Waals surface area (Å²) in [6.07, 6.45) is 0.757. The maximum Gasteiger partial charge on any atom is 0.435 e. The number of carbonyl (C=O) groups is 2. The summed E-state index contributed by atoms with van der Waals surface area (Å²) in [4.78, 5) is 36.3. The predicted molar refractivity (Wildman–Crippen MR) is 149 cm³/mol. The Morgan fingerprint density at radius 3 is 2.64 bits per heavy atom. The largest absolute Gasteiger partial charge is 0.465 e. The van der Waals surface area contributed by atoms with Gasteiger partial charge in [-0.3, -0.25) is 9.48 Å². The van der Waals surface area contributed by atoms with Crippen molar-refractivity contribution in [2.24, 2.45) is 0 Å². The molecule has 5 heterocycles. The third-order valence-corrected chi connectivity index (χ3v) is 8.35. The molecule has 4 aromatic rings. The van der Waals surface area contributed by atoms with Crippen LogP contribution in [0.1, 0.15) is 77.1 Å². The van der Waals surface area contributed by atoms with Gasteiger partial charge in [-0.25, -0.2) is 9.78 Å². The molecule has 9 nitrogen and oxygen atoms in total. The molecule has 1 unspecified atom stereocenters. The van der Waals surface area contributed by atoms with E-state index in [0.29, 0.717) is 25.8 Å². The van der Waals surface area contributed by atoms with E-state index < -0.39 is 35.5 Å². The fourth-order valence-corrected chi connectivity index (χ4v) is 6.14. The van der Waals surface area contributed by atoms with Crippen LogP contribution >= 0.6 is 0 Å². The molecule has 2 N–H and O–H groups in total. The fraction of sp³-hybridized carbons (Fsp3) is 0.400. The molecule has 220 valence electrons. The van der Waals surface area contributed by atoms with Crippen molar-refractivity contribution in [2.45, 2.75) is 64.8 Å². The van der Waals surface area contributed by atoms with Gasteiger partial charge in [0.05, 0.1) is 11.6 Å². The average Bonchev–Trinajstić information content (AvgIpc) is 3.70. The number of H-pyrrole nitrogens is 1. The first-order valence-corrected chi connectivity index (χ1v) is 14.0. The van der Waals surface area contributed by atoms with E-state index in [1.807, 2.05) is 31.3 Å². The number of nitrogens with zero attached hydrogens (tertiary/aromatic N) is 5. The normalized spacial score (nSPS) is 17.4. The van der Waals surface area contributed by atoms with E-state index in [1.165, 1.54) is 16.0 Å². The Morgan fingerprint density at radius 2 is 1.93 bits per heavy atom. The van der Waals surface area contributed by atoms with Crippen molar-refractivity contribution in [3.05, 3.63) is 70.3 Å². The van der Waals surface area contributed by atoms with Gasteiger partial charge in [0.25, 0.3) is 5.91 Å². The number of aromatic nitrogens is 4. The van der Waals surface area contributed by atoms with E-state index >= 15 is 0 Å². The third-order valence-electron chi connectivity index (χ3n) is 8.35. The van der Waals surface area contributed by atoms with Gasteiger partial charge in [0, 0.05) is 55.2 Å². The maximum atomic E-state index is 13.9. The summed E-state index contributed by atoms with van der Waals surface area (Å²) < 4.78 is 42.8. The Morgan fingerprint density at radius 1 is 1.14 bits per heavy atom. The number of likely N-dealkylation sites (tertiary alicyclic amines) is 1. The lowest BCUT2D eigenvalue weighted by Crippen LogP contribution is -2.38. The predicted octanol–water partition coefficient (Wildman–Crippen LogP) is 6.35. The number of alkyl halides is 3. The molecule has 0 radical (unpaired) electrons. The number of halogens is 3. The van der Waals surface area contributed by atoms with Crippen LogP contribution in [0.5, 0.6) is 0 Å². The molecule has 42 heavy (non-hydrogen) atoms. The van der Waals surface area contributed by atoms with Crippen LogP contribution in [0.4, 0.5) is 18.0 Å². The van der Waals surface area contributed by atoms with Crippen LogP contribution in [0.2, 0.25) is 0 Å². The van der Waals surface area contributed by atoms with Crippen LogP contribution in [0.15, 0.2) is 36.8 Å². The Labute approximate surface area is 239 Å². The van der Waals surface area contributed by atoms with Crippen LogP contribution in [-0.4, -0.2) is 59.7 Å². The Balaban J connectivity index is 1.43. The van der Waals surface area contributed by atoms with Crippen molar-refractivity contribution in [1.82, 2.24) is 29.5 Å². The number of hydrogen-bond donors (Lipinski definition) is 2. The zero-order valence-electron chi connectivity index (χ0n) is 23.5. The highest BCUT2D eigenvalue weighted by Crippen LogP contribution is 2.40. The molecule has 1 fully saturated rings. The number of aryl methyl sites for hydroxylation is 1. The number of fused-ring (bicyclic) bond motifs is 2. The van der Waals surface area contributed by atoms with Gasteiger partial charge in [-0.2, -0.15) is 18.3 Å². The van der Waals surface area contributed by atoms with Gasteiger partial charge >= 0.3 is 12.3 Å². The van der Waals surface area contributed by atoms with E-state index in [-0.39, 0.29) is 19.1 Å². The van der Waals surface area contributed by atoms with Crippen molar-refractivity contribution in [3.63, 3.8) is 0 Å². The van der Waals surface area contributed by atoms with E-state index in [0.717, 1.165) is 49.1 Å². The summed E-state index contributed by atoms with van der Waals surface area (Å²) in [5.41, 5.74) is 4.42. The molecule has 0 aliphatic carbocycles. The van der Waals surface area contributed by atoms with Gasteiger partial charge in [0.2, 0.25) is 0 Å². The monoisotopic (exact) mass is 580 g/mol. The zero-order chi connectivity index (χ0) is 29.9. The molecule has 0 spiro atoms. The molecule has 2 aliphatic heterocycles.